The third-order valence-corrected chi connectivity index (χ3v) is 5.82. The Balaban J connectivity index is 1.66. The standard InChI is InChI=1S/C22H15Cl2N3O2S/c1-2-12-27-21(28)19(30-22(27)26-17-8-5-11-25-20(17)24)13-14-9-10-18(29-14)15-6-3-4-7-16(15)23/h2-11,13H,1,12H2/b19-13+,26-22?. The average Bonchev–Trinajstić information content (AvgIpc) is 3.31. The average molecular weight is 456 g/mol. The molecule has 150 valence electrons. The van der Waals surface area contributed by atoms with E-state index < -0.39 is 0 Å². The first-order chi connectivity index (χ1) is 14.6. The van der Waals surface area contributed by atoms with Gasteiger partial charge >= 0.3 is 0 Å². The Morgan fingerprint density at radius 1 is 1.17 bits per heavy atom. The Bertz CT molecular complexity index is 1190. The molecule has 1 fully saturated rings. The molecule has 0 aliphatic carbocycles. The summed E-state index contributed by atoms with van der Waals surface area (Å²) in [5.41, 5.74) is 1.28. The largest absolute Gasteiger partial charge is 0.457 e. The predicted molar refractivity (Wildman–Crippen MR) is 123 cm³/mol. The van der Waals surface area contributed by atoms with Crippen LogP contribution < -0.4 is 0 Å². The highest BCUT2D eigenvalue weighted by Crippen LogP contribution is 2.36. The van der Waals surface area contributed by atoms with Crippen LogP contribution in [-0.4, -0.2) is 27.5 Å². The lowest BCUT2D eigenvalue weighted by atomic mass is 10.2. The van der Waals surface area contributed by atoms with Crippen molar-refractivity contribution in [1.29, 1.82) is 0 Å². The summed E-state index contributed by atoms with van der Waals surface area (Å²) in [4.78, 5) is 23.5. The summed E-state index contributed by atoms with van der Waals surface area (Å²) in [7, 11) is 0. The van der Waals surface area contributed by atoms with Crippen molar-refractivity contribution in [2.24, 2.45) is 4.99 Å². The van der Waals surface area contributed by atoms with Crippen molar-refractivity contribution in [3.05, 3.63) is 88.2 Å². The molecule has 0 spiro atoms. The summed E-state index contributed by atoms with van der Waals surface area (Å²) in [6.07, 6.45) is 4.92. The van der Waals surface area contributed by atoms with E-state index in [0.29, 0.717) is 38.8 Å². The fourth-order valence-electron chi connectivity index (χ4n) is 2.81. The molecule has 0 radical (unpaired) electrons. The molecule has 30 heavy (non-hydrogen) atoms. The van der Waals surface area contributed by atoms with Crippen LogP contribution in [-0.2, 0) is 4.79 Å². The molecule has 0 bridgehead atoms. The van der Waals surface area contributed by atoms with E-state index in [1.165, 1.54) is 16.7 Å². The number of amides is 1. The van der Waals surface area contributed by atoms with Gasteiger partial charge in [-0.05, 0) is 48.2 Å². The van der Waals surface area contributed by atoms with Crippen LogP contribution >= 0.6 is 35.0 Å². The Hall–Kier alpha value is -2.80. The van der Waals surface area contributed by atoms with E-state index in [2.05, 4.69) is 16.6 Å². The first-order valence-electron chi connectivity index (χ1n) is 8.93. The Morgan fingerprint density at radius 2 is 2.00 bits per heavy atom. The lowest BCUT2D eigenvalue weighted by Crippen LogP contribution is -2.29. The van der Waals surface area contributed by atoms with Gasteiger partial charge in [0.25, 0.3) is 5.91 Å². The molecule has 2 aromatic heterocycles. The van der Waals surface area contributed by atoms with Crippen molar-refractivity contribution in [3.8, 4) is 11.3 Å². The number of carbonyl (C=O) groups excluding carboxylic acids is 1. The zero-order valence-corrected chi connectivity index (χ0v) is 17.9. The summed E-state index contributed by atoms with van der Waals surface area (Å²) in [5, 5.41) is 1.36. The van der Waals surface area contributed by atoms with E-state index >= 15 is 0 Å². The minimum atomic E-state index is -0.186. The molecule has 0 unspecified atom stereocenters. The molecule has 1 aromatic carbocycles. The number of benzene rings is 1. The van der Waals surface area contributed by atoms with E-state index in [1.54, 1.807) is 42.6 Å². The van der Waals surface area contributed by atoms with Crippen molar-refractivity contribution < 1.29 is 9.21 Å². The third kappa shape index (κ3) is 4.21. The van der Waals surface area contributed by atoms with Gasteiger partial charge in [-0.3, -0.25) is 9.69 Å². The first-order valence-corrected chi connectivity index (χ1v) is 10.5. The van der Waals surface area contributed by atoms with Gasteiger partial charge < -0.3 is 4.42 Å². The van der Waals surface area contributed by atoms with Crippen LogP contribution in [0.3, 0.4) is 0 Å². The number of halogens is 2. The minimum absolute atomic E-state index is 0.186. The van der Waals surface area contributed by atoms with E-state index in [4.69, 9.17) is 27.6 Å². The summed E-state index contributed by atoms with van der Waals surface area (Å²) >= 11 is 13.6. The number of thioether (sulfide) groups is 1. The second kappa shape index (κ2) is 8.92. The zero-order chi connectivity index (χ0) is 21.1. The summed E-state index contributed by atoms with van der Waals surface area (Å²) in [5.74, 6) is 0.983. The molecule has 5 nitrogen and oxygen atoms in total. The first kappa shape index (κ1) is 20.5. The van der Waals surface area contributed by atoms with Crippen molar-refractivity contribution >= 4 is 57.8 Å². The summed E-state index contributed by atoms with van der Waals surface area (Å²) in [6, 6.07) is 14.5. The Kier molecular flexibility index (Phi) is 6.08. The normalized spacial score (nSPS) is 16.6. The molecule has 8 heteroatoms. The Morgan fingerprint density at radius 3 is 2.77 bits per heavy atom. The number of hydrogen-bond donors (Lipinski definition) is 0. The number of carbonyl (C=O) groups is 1. The van der Waals surface area contributed by atoms with Crippen molar-refractivity contribution in [1.82, 2.24) is 9.88 Å². The highest BCUT2D eigenvalue weighted by molar-refractivity contribution is 8.18. The third-order valence-electron chi connectivity index (χ3n) is 4.19. The molecule has 1 amide bonds. The molecule has 0 atom stereocenters. The Labute approximate surface area is 187 Å². The smallest absolute Gasteiger partial charge is 0.267 e. The molecule has 1 aliphatic heterocycles. The topological polar surface area (TPSA) is 58.7 Å². The van der Waals surface area contributed by atoms with Crippen LogP contribution in [0.1, 0.15) is 5.76 Å². The fraction of sp³-hybridized carbons (Fsp3) is 0.0455. The summed E-state index contributed by atoms with van der Waals surface area (Å²) < 4.78 is 5.89. The van der Waals surface area contributed by atoms with Crippen molar-refractivity contribution in [2.75, 3.05) is 6.54 Å². The van der Waals surface area contributed by atoms with Crippen LogP contribution in [0, 0.1) is 0 Å². The highest BCUT2D eigenvalue weighted by atomic mass is 35.5. The van der Waals surface area contributed by atoms with Crippen molar-refractivity contribution in [2.45, 2.75) is 0 Å². The second-order valence-corrected chi connectivity index (χ2v) is 7.98. The SMILES string of the molecule is C=CCN1C(=O)/C(=C\c2ccc(-c3ccccc3Cl)o2)SC1=Nc1cccnc1Cl. The molecule has 1 saturated heterocycles. The predicted octanol–water partition coefficient (Wildman–Crippen LogP) is 6.44. The maximum absolute atomic E-state index is 12.9. The van der Waals surface area contributed by atoms with Crippen molar-refractivity contribution in [3.63, 3.8) is 0 Å². The van der Waals surface area contributed by atoms with Gasteiger partial charge in [0.1, 0.15) is 17.2 Å². The van der Waals surface area contributed by atoms with Crippen LogP contribution in [0.2, 0.25) is 10.2 Å². The molecular weight excluding hydrogens is 441 g/mol. The van der Waals surface area contributed by atoms with E-state index in [0.717, 1.165) is 5.56 Å². The van der Waals surface area contributed by atoms with Gasteiger partial charge in [0.05, 0.1) is 9.93 Å². The second-order valence-electron chi connectivity index (χ2n) is 6.20. The van der Waals surface area contributed by atoms with Gasteiger partial charge in [-0.15, -0.1) is 6.58 Å². The number of nitrogens with zero attached hydrogens (tertiary/aromatic N) is 3. The summed E-state index contributed by atoms with van der Waals surface area (Å²) in [6.45, 7) is 4.05. The zero-order valence-electron chi connectivity index (χ0n) is 15.6. The number of aromatic nitrogens is 1. The quantitative estimate of drug-likeness (QED) is 0.252. The number of pyridine rings is 1. The maximum atomic E-state index is 12.9. The molecule has 1 aliphatic rings. The minimum Gasteiger partial charge on any atom is -0.457 e. The van der Waals surface area contributed by atoms with E-state index in [9.17, 15) is 4.79 Å². The van der Waals surface area contributed by atoms with E-state index in [1.807, 2.05) is 24.3 Å². The van der Waals surface area contributed by atoms with Crippen LogP contribution in [0.15, 0.2) is 81.7 Å². The lowest BCUT2D eigenvalue weighted by Gasteiger charge is -2.12. The molecule has 3 aromatic rings. The van der Waals surface area contributed by atoms with Gasteiger partial charge in [0.15, 0.2) is 10.3 Å². The van der Waals surface area contributed by atoms with E-state index in [-0.39, 0.29) is 11.1 Å². The van der Waals surface area contributed by atoms with Crippen LogP contribution in [0.4, 0.5) is 5.69 Å². The van der Waals surface area contributed by atoms with Gasteiger partial charge in [0.2, 0.25) is 0 Å². The lowest BCUT2D eigenvalue weighted by molar-refractivity contribution is -0.121. The van der Waals surface area contributed by atoms with Crippen LogP contribution in [0.25, 0.3) is 17.4 Å². The number of amidine groups is 1. The highest BCUT2D eigenvalue weighted by Gasteiger charge is 2.33. The van der Waals surface area contributed by atoms with Crippen LogP contribution in [0.5, 0.6) is 0 Å². The monoisotopic (exact) mass is 455 g/mol. The van der Waals surface area contributed by atoms with Gasteiger partial charge in [-0.1, -0.05) is 41.4 Å². The molecular formula is C22H15Cl2N3O2S. The molecule has 0 saturated carbocycles. The number of rotatable bonds is 5. The number of aliphatic imine (C=N–C) groups is 1. The van der Waals surface area contributed by atoms with Gasteiger partial charge in [0, 0.05) is 24.4 Å². The van der Waals surface area contributed by atoms with Gasteiger partial charge in [-0.25, -0.2) is 9.98 Å². The molecule has 4 rings (SSSR count). The number of hydrogen-bond acceptors (Lipinski definition) is 5. The van der Waals surface area contributed by atoms with Gasteiger partial charge in [-0.2, -0.15) is 0 Å². The molecule has 3 heterocycles. The number of furan rings is 1. The maximum Gasteiger partial charge on any atom is 0.267 e. The molecule has 0 N–H and O–H groups in total. The fourth-order valence-corrected chi connectivity index (χ4v) is 4.18.